The van der Waals surface area contributed by atoms with Crippen LogP contribution in [0.1, 0.15) is 5.56 Å². The molecule has 2 rings (SSSR count). The van der Waals surface area contributed by atoms with Crippen LogP contribution in [-0.2, 0) is 10.0 Å². The zero-order valence-corrected chi connectivity index (χ0v) is 7.61. The summed E-state index contributed by atoms with van der Waals surface area (Å²) in [6.45, 7) is 0. The maximum Gasteiger partial charge on any atom is 0.285 e. The van der Waals surface area contributed by atoms with E-state index in [0.717, 1.165) is 12.1 Å². The van der Waals surface area contributed by atoms with Gasteiger partial charge in [-0.25, -0.2) is 0 Å². The van der Waals surface area contributed by atoms with Crippen molar-refractivity contribution in [3.63, 3.8) is 0 Å². The fourth-order valence-corrected chi connectivity index (χ4v) is 2.46. The average molecular weight is 214 g/mol. The summed E-state index contributed by atoms with van der Waals surface area (Å²) in [5.74, 6) is -1.02. The first kappa shape index (κ1) is 8.82. The number of hydrogen-bond donors (Lipinski definition) is 3. The van der Waals surface area contributed by atoms with Gasteiger partial charge in [-0.3, -0.25) is 0 Å². The van der Waals surface area contributed by atoms with Crippen LogP contribution in [0.15, 0.2) is 21.4 Å². The van der Waals surface area contributed by atoms with E-state index in [1.807, 2.05) is 0 Å². The Balaban J connectivity index is 2.90. The van der Waals surface area contributed by atoms with Gasteiger partial charge in [-0.05, 0) is 0 Å². The van der Waals surface area contributed by atoms with Crippen LogP contribution in [0.25, 0.3) is 0 Å². The molecule has 0 bridgehead atoms. The van der Waals surface area contributed by atoms with E-state index in [1.54, 1.807) is 0 Å². The number of benzene rings is 1. The molecule has 0 saturated carbocycles. The molecule has 0 saturated heterocycles. The van der Waals surface area contributed by atoms with E-state index in [9.17, 15) is 13.5 Å². The molecule has 0 unspecified atom stereocenters. The largest absolute Gasteiger partial charge is 0.508 e. The average Bonchev–Trinajstić information content (AvgIpc) is 2.21. The maximum atomic E-state index is 11.3. The molecule has 0 spiro atoms. The Kier molecular flexibility index (Phi) is 1.50. The van der Waals surface area contributed by atoms with Gasteiger partial charge in [-0.15, -0.1) is 4.40 Å². The summed E-state index contributed by atoms with van der Waals surface area (Å²) in [6.07, 6.45) is 0. The molecule has 6 nitrogen and oxygen atoms in total. The van der Waals surface area contributed by atoms with E-state index < -0.39 is 15.8 Å². The minimum absolute atomic E-state index is 0.0530. The van der Waals surface area contributed by atoms with Crippen molar-refractivity contribution in [3.8, 4) is 11.5 Å². The second kappa shape index (κ2) is 2.38. The molecule has 0 aromatic heterocycles. The molecule has 1 aliphatic rings. The number of aromatic hydroxyl groups is 2. The highest BCUT2D eigenvalue weighted by atomic mass is 32.2. The number of amidine groups is 1. The number of sulfonamides is 1. The van der Waals surface area contributed by atoms with Gasteiger partial charge >= 0.3 is 0 Å². The highest BCUT2D eigenvalue weighted by Crippen LogP contribution is 2.34. The molecule has 0 aliphatic carbocycles. The van der Waals surface area contributed by atoms with Crippen molar-refractivity contribution in [2.45, 2.75) is 4.90 Å². The molecule has 1 heterocycles. The third-order valence-corrected chi connectivity index (χ3v) is 3.13. The summed E-state index contributed by atoms with van der Waals surface area (Å²) in [5.41, 5.74) is 5.25. The van der Waals surface area contributed by atoms with E-state index in [0.29, 0.717) is 0 Å². The number of nitrogens with zero attached hydrogens (tertiary/aromatic N) is 1. The minimum Gasteiger partial charge on any atom is -0.508 e. The first-order valence-corrected chi connectivity index (χ1v) is 5.02. The van der Waals surface area contributed by atoms with Crippen molar-refractivity contribution < 1.29 is 18.6 Å². The van der Waals surface area contributed by atoms with Crippen LogP contribution < -0.4 is 5.73 Å². The van der Waals surface area contributed by atoms with E-state index in [-0.39, 0.29) is 22.0 Å². The molecule has 7 heteroatoms. The number of nitrogens with two attached hydrogens (primary N) is 1. The van der Waals surface area contributed by atoms with Crippen molar-refractivity contribution in [2.75, 3.05) is 0 Å². The zero-order chi connectivity index (χ0) is 10.5. The van der Waals surface area contributed by atoms with Gasteiger partial charge in [-0.1, -0.05) is 0 Å². The quantitative estimate of drug-likeness (QED) is 0.539. The Bertz CT molecular complexity index is 547. The van der Waals surface area contributed by atoms with E-state index in [1.165, 1.54) is 0 Å². The molecule has 0 radical (unpaired) electrons. The van der Waals surface area contributed by atoms with Crippen molar-refractivity contribution in [1.29, 1.82) is 0 Å². The Morgan fingerprint density at radius 2 is 1.93 bits per heavy atom. The molecule has 4 N–H and O–H groups in total. The number of fused-ring (bicyclic) bond motifs is 1. The molecular weight excluding hydrogens is 208 g/mol. The predicted octanol–water partition coefficient (Wildman–Crippen LogP) is -0.495. The predicted molar refractivity (Wildman–Crippen MR) is 47.7 cm³/mol. The van der Waals surface area contributed by atoms with Gasteiger partial charge < -0.3 is 15.9 Å². The second-order valence-electron chi connectivity index (χ2n) is 2.79. The summed E-state index contributed by atoms with van der Waals surface area (Å²) in [5, 5.41) is 18.4. The second-order valence-corrected chi connectivity index (χ2v) is 4.36. The lowest BCUT2D eigenvalue weighted by molar-refractivity contribution is 0.446. The first-order chi connectivity index (χ1) is 6.42. The van der Waals surface area contributed by atoms with E-state index in [4.69, 9.17) is 10.8 Å². The molecule has 1 aliphatic heterocycles. The summed E-state index contributed by atoms with van der Waals surface area (Å²) < 4.78 is 25.7. The van der Waals surface area contributed by atoms with Crippen LogP contribution in [0.3, 0.4) is 0 Å². The van der Waals surface area contributed by atoms with Crippen LogP contribution in [0, 0.1) is 0 Å². The van der Waals surface area contributed by atoms with Crippen molar-refractivity contribution in [2.24, 2.45) is 10.1 Å². The van der Waals surface area contributed by atoms with Crippen molar-refractivity contribution in [3.05, 3.63) is 17.7 Å². The van der Waals surface area contributed by atoms with Crippen LogP contribution in [0.5, 0.6) is 11.5 Å². The van der Waals surface area contributed by atoms with Gasteiger partial charge in [0, 0.05) is 12.1 Å². The lowest BCUT2D eigenvalue weighted by Crippen LogP contribution is -2.10. The van der Waals surface area contributed by atoms with Crippen molar-refractivity contribution >= 4 is 15.9 Å². The van der Waals surface area contributed by atoms with E-state index in [2.05, 4.69) is 4.40 Å². The lowest BCUT2D eigenvalue weighted by atomic mass is 10.2. The summed E-state index contributed by atoms with van der Waals surface area (Å²) in [7, 11) is -3.86. The van der Waals surface area contributed by atoms with Crippen LogP contribution in [0.4, 0.5) is 0 Å². The Hall–Kier alpha value is -1.76. The minimum atomic E-state index is -3.86. The van der Waals surface area contributed by atoms with Crippen LogP contribution in [0.2, 0.25) is 0 Å². The van der Waals surface area contributed by atoms with Gasteiger partial charge in [-0.2, -0.15) is 8.42 Å². The summed E-state index contributed by atoms with van der Waals surface area (Å²) >= 11 is 0. The molecular formula is C7H6N2O4S. The zero-order valence-electron chi connectivity index (χ0n) is 6.80. The summed E-state index contributed by atoms with van der Waals surface area (Å²) in [6, 6.07) is 2.00. The smallest absolute Gasteiger partial charge is 0.285 e. The number of hydrogen-bond acceptors (Lipinski definition) is 5. The normalized spacial score (nSPS) is 17.6. The van der Waals surface area contributed by atoms with Crippen molar-refractivity contribution in [1.82, 2.24) is 0 Å². The third kappa shape index (κ3) is 1.02. The number of phenols is 2. The van der Waals surface area contributed by atoms with Gasteiger partial charge in [0.25, 0.3) is 10.0 Å². The molecule has 14 heavy (non-hydrogen) atoms. The highest BCUT2D eigenvalue weighted by molar-refractivity contribution is 7.90. The SMILES string of the molecule is NC1=NS(=O)(=O)c2cc(O)cc(O)c21. The highest BCUT2D eigenvalue weighted by Gasteiger charge is 2.30. The fourth-order valence-electron chi connectivity index (χ4n) is 1.27. The molecule has 1 aromatic rings. The Morgan fingerprint density at radius 3 is 2.57 bits per heavy atom. The van der Waals surface area contributed by atoms with Gasteiger partial charge in [0.1, 0.15) is 22.2 Å². The lowest BCUT2D eigenvalue weighted by Gasteiger charge is -2.01. The standard InChI is InChI=1S/C7H6N2O4S/c8-7-6-4(11)1-3(10)2-5(6)14(12,13)9-7/h1-2,10-11H,(H2,8,9). The topological polar surface area (TPSA) is 113 Å². The monoisotopic (exact) mass is 214 g/mol. The molecule has 74 valence electrons. The fraction of sp³-hybridized carbons (Fsp3) is 0. The molecule has 1 aromatic carbocycles. The third-order valence-electron chi connectivity index (χ3n) is 1.82. The number of phenolic OH excluding ortho intramolecular Hbond substituents is 2. The van der Waals surface area contributed by atoms with Gasteiger partial charge in [0.05, 0.1) is 5.56 Å². The first-order valence-electron chi connectivity index (χ1n) is 3.58. The van der Waals surface area contributed by atoms with E-state index >= 15 is 0 Å². The Labute approximate surface area is 79.4 Å². The van der Waals surface area contributed by atoms with Gasteiger partial charge in [0.2, 0.25) is 0 Å². The molecule has 0 amide bonds. The maximum absolute atomic E-state index is 11.3. The van der Waals surface area contributed by atoms with Crippen LogP contribution >= 0.6 is 0 Å². The molecule has 0 fully saturated rings. The Morgan fingerprint density at radius 1 is 1.29 bits per heavy atom. The summed E-state index contributed by atoms with van der Waals surface area (Å²) in [4.78, 5) is -0.271. The van der Waals surface area contributed by atoms with Crippen LogP contribution in [-0.4, -0.2) is 24.5 Å². The number of rotatable bonds is 0. The molecule has 0 atom stereocenters. The van der Waals surface area contributed by atoms with Gasteiger partial charge in [0.15, 0.2) is 0 Å².